The molecule has 4 unspecified atom stereocenters. The molecule has 3 heteroatoms. The summed E-state index contributed by atoms with van der Waals surface area (Å²) in [5.74, 6) is 1.91. The van der Waals surface area contributed by atoms with Crippen molar-refractivity contribution in [2.24, 2.45) is 17.6 Å². The molecule has 3 aliphatic rings. The first-order valence-corrected chi connectivity index (χ1v) is 9.05. The second-order valence-corrected chi connectivity index (χ2v) is 7.80. The fourth-order valence-electron chi connectivity index (χ4n) is 4.93. The zero-order valence-corrected chi connectivity index (χ0v) is 12.6. The summed E-state index contributed by atoms with van der Waals surface area (Å²) in [4.78, 5) is 2.81. The average molecular weight is 268 g/mol. The van der Waals surface area contributed by atoms with Crippen LogP contribution in [0.2, 0.25) is 0 Å². The van der Waals surface area contributed by atoms with Gasteiger partial charge in [0.25, 0.3) is 0 Å². The van der Waals surface area contributed by atoms with Gasteiger partial charge in [0.15, 0.2) is 0 Å². The van der Waals surface area contributed by atoms with Gasteiger partial charge in [-0.25, -0.2) is 0 Å². The third-order valence-electron chi connectivity index (χ3n) is 5.94. The van der Waals surface area contributed by atoms with Crippen LogP contribution < -0.4 is 5.73 Å². The summed E-state index contributed by atoms with van der Waals surface area (Å²) in [6.45, 7) is 3.50. The Morgan fingerprint density at radius 1 is 1.22 bits per heavy atom. The highest BCUT2D eigenvalue weighted by Crippen LogP contribution is 2.53. The van der Waals surface area contributed by atoms with Crippen molar-refractivity contribution in [1.29, 1.82) is 0 Å². The van der Waals surface area contributed by atoms with Crippen LogP contribution in [0.15, 0.2) is 0 Å². The zero-order valence-electron chi connectivity index (χ0n) is 11.7. The molecule has 1 heterocycles. The van der Waals surface area contributed by atoms with Gasteiger partial charge in [-0.3, -0.25) is 4.90 Å². The van der Waals surface area contributed by atoms with E-state index < -0.39 is 0 Å². The quantitative estimate of drug-likeness (QED) is 0.853. The summed E-state index contributed by atoms with van der Waals surface area (Å²) in [6.07, 6.45) is 12.2. The van der Waals surface area contributed by atoms with Crippen molar-refractivity contribution in [3.63, 3.8) is 0 Å². The van der Waals surface area contributed by atoms with Crippen LogP contribution in [0, 0.1) is 11.8 Å². The molecule has 3 rings (SSSR count). The molecule has 0 amide bonds. The normalized spacial score (nSPS) is 45.3. The Balaban J connectivity index is 1.72. The Kier molecular flexibility index (Phi) is 3.93. The average Bonchev–Trinajstić information content (AvgIpc) is 2.92. The van der Waals surface area contributed by atoms with E-state index in [1.807, 2.05) is 0 Å². The Morgan fingerprint density at radius 3 is 2.72 bits per heavy atom. The van der Waals surface area contributed by atoms with Gasteiger partial charge in [0.1, 0.15) is 0 Å². The van der Waals surface area contributed by atoms with Crippen molar-refractivity contribution in [2.75, 3.05) is 25.9 Å². The summed E-state index contributed by atoms with van der Waals surface area (Å²) in [6, 6.07) is 0. The fourth-order valence-corrected chi connectivity index (χ4v) is 5.67. The number of nitrogens with two attached hydrogens (primary N) is 1. The third-order valence-corrected chi connectivity index (χ3v) is 7.07. The van der Waals surface area contributed by atoms with Crippen LogP contribution in [0.4, 0.5) is 0 Å². The third kappa shape index (κ3) is 2.12. The standard InChI is InChI=1S/C15H28N2S/c1-18-14-3-2-7-17(8-6-14)15(11-16)10-12-4-5-13(15)9-12/h12-14H,2-11,16H2,1H3. The summed E-state index contributed by atoms with van der Waals surface area (Å²) >= 11 is 2.07. The Hall–Kier alpha value is 0.270. The predicted octanol–water partition coefficient (Wildman–Crippen LogP) is 2.72. The molecular weight excluding hydrogens is 240 g/mol. The van der Waals surface area contributed by atoms with E-state index in [0.29, 0.717) is 5.54 Å². The van der Waals surface area contributed by atoms with Gasteiger partial charge in [0, 0.05) is 17.3 Å². The number of fused-ring (bicyclic) bond motifs is 2. The van der Waals surface area contributed by atoms with Crippen molar-refractivity contribution < 1.29 is 0 Å². The first-order valence-electron chi connectivity index (χ1n) is 7.76. The largest absolute Gasteiger partial charge is 0.329 e. The van der Waals surface area contributed by atoms with Crippen LogP contribution in [0.5, 0.6) is 0 Å². The molecule has 1 aliphatic heterocycles. The molecule has 18 heavy (non-hydrogen) atoms. The maximum absolute atomic E-state index is 6.26. The number of likely N-dealkylation sites (tertiary alicyclic amines) is 1. The first-order chi connectivity index (χ1) is 8.78. The molecule has 0 aromatic rings. The second-order valence-electron chi connectivity index (χ2n) is 6.66. The van der Waals surface area contributed by atoms with E-state index in [0.717, 1.165) is 23.6 Å². The minimum Gasteiger partial charge on any atom is -0.329 e. The number of thioether (sulfide) groups is 1. The molecule has 0 aromatic heterocycles. The van der Waals surface area contributed by atoms with E-state index in [9.17, 15) is 0 Å². The molecule has 0 aromatic carbocycles. The molecule has 2 aliphatic carbocycles. The van der Waals surface area contributed by atoms with Gasteiger partial charge in [0.2, 0.25) is 0 Å². The van der Waals surface area contributed by atoms with Gasteiger partial charge in [-0.05, 0) is 69.7 Å². The van der Waals surface area contributed by atoms with E-state index in [2.05, 4.69) is 22.9 Å². The van der Waals surface area contributed by atoms with Crippen LogP contribution in [0.1, 0.15) is 44.9 Å². The van der Waals surface area contributed by atoms with Crippen LogP contribution in [-0.2, 0) is 0 Å². The summed E-state index contributed by atoms with van der Waals surface area (Å²) in [5.41, 5.74) is 6.66. The van der Waals surface area contributed by atoms with Gasteiger partial charge >= 0.3 is 0 Å². The van der Waals surface area contributed by atoms with Crippen LogP contribution in [0.3, 0.4) is 0 Å². The van der Waals surface area contributed by atoms with E-state index in [1.54, 1.807) is 0 Å². The number of hydrogen-bond donors (Lipinski definition) is 1. The zero-order chi connectivity index (χ0) is 12.6. The molecule has 0 spiro atoms. The smallest absolute Gasteiger partial charge is 0.0362 e. The van der Waals surface area contributed by atoms with E-state index in [4.69, 9.17) is 5.73 Å². The number of hydrogen-bond acceptors (Lipinski definition) is 3. The number of rotatable bonds is 3. The molecule has 1 saturated heterocycles. The van der Waals surface area contributed by atoms with Crippen molar-refractivity contribution in [2.45, 2.75) is 55.7 Å². The highest BCUT2D eigenvalue weighted by molar-refractivity contribution is 7.99. The number of nitrogens with zero attached hydrogens (tertiary/aromatic N) is 1. The summed E-state index contributed by atoms with van der Waals surface area (Å²) < 4.78 is 0. The van der Waals surface area contributed by atoms with Crippen LogP contribution >= 0.6 is 11.8 Å². The van der Waals surface area contributed by atoms with Crippen molar-refractivity contribution in [3.8, 4) is 0 Å². The van der Waals surface area contributed by atoms with Crippen LogP contribution in [0.25, 0.3) is 0 Å². The molecule has 0 radical (unpaired) electrons. The maximum Gasteiger partial charge on any atom is 0.0362 e. The van der Waals surface area contributed by atoms with E-state index >= 15 is 0 Å². The lowest BCUT2D eigenvalue weighted by molar-refractivity contribution is 0.0446. The minimum atomic E-state index is 0.399. The van der Waals surface area contributed by atoms with Crippen LogP contribution in [-0.4, -0.2) is 41.6 Å². The first kappa shape index (κ1) is 13.3. The van der Waals surface area contributed by atoms with E-state index in [-0.39, 0.29) is 0 Å². The van der Waals surface area contributed by atoms with Gasteiger partial charge < -0.3 is 5.73 Å². The van der Waals surface area contributed by atoms with Gasteiger partial charge in [0.05, 0.1) is 0 Å². The van der Waals surface area contributed by atoms with Crippen molar-refractivity contribution in [3.05, 3.63) is 0 Å². The highest BCUT2D eigenvalue weighted by atomic mass is 32.2. The maximum atomic E-state index is 6.26. The molecule has 3 fully saturated rings. The van der Waals surface area contributed by atoms with Crippen molar-refractivity contribution >= 4 is 11.8 Å². The van der Waals surface area contributed by atoms with Crippen molar-refractivity contribution in [1.82, 2.24) is 4.90 Å². The highest BCUT2D eigenvalue weighted by Gasteiger charge is 2.53. The molecule has 4 atom stereocenters. The monoisotopic (exact) mass is 268 g/mol. The lowest BCUT2D eigenvalue weighted by Gasteiger charge is -2.46. The lowest BCUT2D eigenvalue weighted by atomic mass is 9.79. The van der Waals surface area contributed by atoms with E-state index in [1.165, 1.54) is 58.0 Å². The molecular formula is C15H28N2S. The van der Waals surface area contributed by atoms with Gasteiger partial charge in [-0.1, -0.05) is 6.42 Å². The molecule has 2 bridgehead atoms. The topological polar surface area (TPSA) is 29.3 Å². The Morgan fingerprint density at radius 2 is 2.11 bits per heavy atom. The van der Waals surface area contributed by atoms with Gasteiger partial charge in [-0.2, -0.15) is 11.8 Å². The molecule has 2 nitrogen and oxygen atoms in total. The lowest BCUT2D eigenvalue weighted by Crippen LogP contribution is -2.57. The molecule has 2 saturated carbocycles. The minimum absolute atomic E-state index is 0.399. The second kappa shape index (κ2) is 5.34. The molecule has 104 valence electrons. The van der Waals surface area contributed by atoms with Gasteiger partial charge in [-0.15, -0.1) is 0 Å². The fraction of sp³-hybridized carbons (Fsp3) is 1.00. The Labute approximate surface area is 116 Å². The SMILES string of the molecule is CSC1CCCN(C2(CN)CC3CCC2C3)CC1. The predicted molar refractivity (Wildman–Crippen MR) is 80.0 cm³/mol. The summed E-state index contributed by atoms with van der Waals surface area (Å²) in [7, 11) is 0. The molecule has 2 N–H and O–H groups in total. The summed E-state index contributed by atoms with van der Waals surface area (Å²) in [5, 5.41) is 0.892. The Bertz CT molecular complexity index is 296.